The predicted molar refractivity (Wildman–Crippen MR) is 79.5 cm³/mol. The van der Waals surface area contributed by atoms with Gasteiger partial charge in [0.15, 0.2) is 10.8 Å². The minimum absolute atomic E-state index is 0.0501. The molecule has 0 aliphatic carbocycles. The van der Waals surface area contributed by atoms with Crippen molar-refractivity contribution >= 4 is 44.9 Å². The number of primary amides is 1. The van der Waals surface area contributed by atoms with Crippen LogP contribution in [0.1, 0.15) is 20.8 Å². The molecule has 0 spiro atoms. The van der Waals surface area contributed by atoms with Gasteiger partial charge < -0.3 is 16.4 Å². The third kappa shape index (κ3) is 3.29. The Morgan fingerprint density at radius 3 is 2.71 bits per heavy atom. The number of anilines is 2. The first-order chi connectivity index (χ1) is 9.92. The number of halogens is 2. The molecule has 6 nitrogen and oxygen atoms in total. The van der Waals surface area contributed by atoms with E-state index in [-0.39, 0.29) is 21.3 Å². The zero-order chi connectivity index (χ0) is 15.6. The van der Waals surface area contributed by atoms with Crippen LogP contribution in [0.15, 0.2) is 18.2 Å². The lowest BCUT2D eigenvalue weighted by atomic mass is 10.2. The van der Waals surface area contributed by atoms with Gasteiger partial charge in [0.05, 0.1) is 5.02 Å². The van der Waals surface area contributed by atoms with Crippen molar-refractivity contribution in [2.75, 3.05) is 17.7 Å². The number of nitrogens with two attached hydrogens (primary N) is 1. The van der Waals surface area contributed by atoms with Crippen molar-refractivity contribution < 1.29 is 14.0 Å². The molecule has 1 aromatic heterocycles. The number of aromatic nitrogens is 1. The van der Waals surface area contributed by atoms with Gasteiger partial charge in [0.1, 0.15) is 10.8 Å². The summed E-state index contributed by atoms with van der Waals surface area (Å²) < 4.78 is 13.1. The van der Waals surface area contributed by atoms with E-state index in [0.29, 0.717) is 5.13 Å². The molecule has 0 bridgehead atoms. The van der Waals surface area contributed by atoms with Crippen LogP contribution in [0, 0.1) is 5.82 Å². The van der Waals surface area contributed by atoms with E-state index in [1.165, 1.54) is 12.1 Å². The quantitative estimate of drug-likeness (QED) is 0.802. The smallest absolute Gasteiger partial charge is 0.270 e. The number of amides is 2. The van der Waals surface area contributed by atoms with Crippen LogP contribution in [0.5, 0.6) is 0 Å². The second kappa shape index (κ2) is 6.06. The first kappa shape index (κ1) is 15.2. The second-order valence-electron chi connectivity index (χ2n) is 3.89. The maximum Gasteiger partial charge on any atom is 0.270 e. The van der Waals surface area contributed by atoms with Crippen LogP contribution in [0.4, 0.5) is 14.5 Å². The molecule has 2 rings (SSSR count). The fraction of sp³-hybridized carbons (Fsp3) is 0.0833. The zero-order valence-electron chi connectivity index (χ0n) is 10.7. The van der Waals surface area contributed by atoms with Gasteiger partial charge in [0.2, 0.25) is 0 Å². The average molecular weight is 329 g/mol. The van der Waals surface area contributed by atoms with Crippen molar-refractivity contribution in [2.24, 2.45) is 5.73 Å². The molecule has 0 aliphatic rings. The highest BCUT2D eigenvalue weighted by Crippen LogP contribution is 2.28. The van der Waals surface area contributed by atoms with E-state index in [1.54, 1.807) is 7.05 Å². The molecule has 0 unspecified atom stereocenters. The number of thiazole rings is 1. The second-order valence-corrected chi connectivity index (χ2v) is 5.30. The Labute approximate surface area is 128 Å². The molecule has 0 aliphatic heterocycles. The van der Waals surface area contributed by atoms with Crippen molar-refractivity contribution in [1.29, 1.82) is 0 Å². The molecule has 2 aromatic rings. The predicted octanol–water partition coefficient (Wildman–Crippen LogP) is 2.33. The van der Waals surface area contributed by atoms with Gasteiger partial charge in [-0.25, -0.2) is 9.37 Å². The SMILES string of the molecule is CNc1nc(C(N)=O)c(NC(=O)c2ccc(F)c(Cl)c2)s1. The van der Waals surface area contributed by atoms with Crippen molar-refractivity contribution in [3.63, 3.8) is 0 Å². The summed E-state index contributed by atoms with van der Waals surface area (Å²) in [5.74, 6) is -1.94. The normalized spacial score (nSPS) is 10.2. The molecule has 9 heteroatoms. The number of benzene rings is 1. The number of nitrogens with one attached hydrogen (secondary N) is 2. The van der Waals surface area contributed by atoms with Crippen LogP contribution >= 0.6 is 22.9 Å². The summed E-state index contributed by atoms with van der Waals surface area (Å²) in [5.41, 5.74) is 5.30. The molecule has 2 amide bonds. The standard InChI is InChI=1S/C12H10ClFN4O2S/c1-16-12-17-8(9(15)19)11(21-12)18-10(20)5-2-3-7(14)6(13)4-5/h2-4H,1H3,(H2,15,19)(H,16,17)(H,18,20). The maximum atomic E-state index is 13.1. The van der Waals surface area contributed by atoms with E-state index in [1.807, 2.05) is 0 Å². The molecule has 0 atom stereocenters. The number of carbonyl (C=O) groups is 2. The summed E-state index contributed by atoms with van der Waals surface area (Å²) in [7, 11) is 1.62. The number of rotatable bonds is 4. The Hall–Kier alpha value is -2.19. The van der Waals surface area contributed by atoms with Crippen molar-refractivity contribution in [2.45, 2.75) is 0 Å². The topological polar surface area (TPSA) is 97.1 Å². The van der Waals surface area contributed by atoms with E-state index in [9.17, 15) is 14.0 Å². The van der Waals surface area contributed by atoms with E-state index in [4.69, 9.17) is 17.3 Å². The Morgan fingerprint density at radius 1 is 1.43 bits per heavy atom. The minimum Gasteiger partial charge on any atom is -0.365 e. The molecule has 110 valence electrons. The molecular weight excluding hydrogens is 319 g/mol. The minimum atomic E-state index is -0.764. The van der Waals surface area contributed by atoms with E-state index in [2.05, 4.69) is 15.6 Å². The van der Waals surface area contributed by atoms with E-state index < -0.39 is 17.6 Å². The molecule has 1 heterocycles. The molecule has 0 radical (unpaired) electrons. The van der Waals surface area contributed by atoms with Gasteiger partial charge >= 0.3 is 0 Å². The number of nitrogens with zero attached hydrogens (tertiary/aromatic N) is 1. The number of hydrogen-bond acceptors (Lipinski definition) is 5. The summed E-state index contributed by atoms with van der Waals surface area (Å²) in [4.78, 5) is 27.3. The third-order valence-corrected chi connectivity index (χ3v) is 3.76. The first-order valence-corrected chi connectivity index (χ1v) is 6.86. The van der Waals surface area contributed by atoms with Crippen LogP contribution in [0.2, 0.25) is 5.02 Å². The number of hydrogen-bond donors (Lipinski definition) is 3. The van der Waals surface area contributed by atoms with Crippen LogP contribution < -0.4 is 16.4 Å². The molecule has 1 aromatic carbocycles. The number of carbonyl (C=O) groups excluding carboxylic acids is 2. The van der Waals surface area contributed by atoms with Crippen LogP contribution in [0.3, 0.4) is 0 Å². The summed E-state index contributed by atoms with van der Waals surface area (Å²) in [6.45, 7) is 0. The van der Waals surface area contributed by atoms with Crippen LogP contribution in [0.25, 0.3) is 0 Å². The molecule has 4 N–H and O–H groups in total. The Kier molecular flexibility index (Phi) is 4.39. The zero-order valence-corrected chi connectivity index (χ0v) is 12.3. The molecule has 0 saturated carbocycles. The van der Waals surface area contributed by atoms with Gasteiger partial charge in [-0.05, 0) is 18.2 Å². The lowest BCUT2D eigenvalue weighted by Crippen LogP contribution is -2.17. The average Bonchev–Trinajstić information content (AvgIpc) is 2.85. The maximum absolute atomic E-state index is 13.1. The van der Waals surface area contributed by atoms with Crippen molar-refractivity contribution in [3.8, 4) is 0 Å². The summed E-state index contributed by atoms with van der Waals surface area (Å²) in [6.07, 6.45) is 0. The highest BCUT2D eigenvalue weighted by Gasteiger charge is 2.18. The first-order valence-electron chi connectivity index (χ1n) is 5.67. The monoisotopic (exact) mass is 328 g/mol. The summed E-state index contributed by atoms with van der Waals surface area (Å²) in [6, 6.07) is 3.55. The highest BCUT2D eigenvalue weighted by atomic mass is 35.5. The fourth-order valence-corrected chi connectivity index (χ4v) is 2.49. The van der Waals surface area contributed by atoms with Crippen LogP contribution in [-0.2, 0) is 0 Å². The lowest BCUT2D eigenvalue weighted by molar-refractivity contribution is 0.0997. The summed E-state index contributed by atoms with van der Waals surface area (Å²) in [5, 5.41) is 5.72. The van der Waals surface area contributed by atoms with Crippen molar-refractivity contribution in [3.05, 3.63) is 40.3 Å². The summed E-state index contributed by atoms with van der Waals surface area (Å²) >= 11 is 6.68. The molecule has 21 heavy (non-hydrogen) atoms. The Balaban J connectivity index is 2.28. The largest absolute Gasteiger partial charge is 0.365 e. The third-order valence-electron chi connectivity index (χ3n) is 2.48. The van der Waals surface area contributed by atoms with E-state index in [0.717, 1.165) is 17.4 Å². The van der Waals surface area contributed by atoms with Gasteiger partial charge in [-0.1, -0.05) is 22.9 Å². The fourth-order valence-electron chi connectivity index (χ4n) is 1.49. The van der Waals surface area contributed by atoms with Gasteiger partial charge in [0.25, 0.3) is 11.8 Å². The van der Waals surface area contributed by atoms with E-state index >= 15 is 0 Å². The molecule has 0 fully saturated rings. The Bertz CT molecular complexity index is 719. The van der Waals surface area contributed by atoms with Gasteiger partial charge in [-0.15, -0.1) is 0 Å². The molecule has 0 saturated heterocycles. The Morgan fingerprint density at radius 2 is 2.14 bits per heavy atom. The highest BCUT2D eigenvalue weighted by molar-refractivity contribution is 7.20. The van der Waals surface area contributed by atoms with Crippen LogP contribution in [-0.4, -0.2) is 23.8 Å². The lowest BCUT2D eigenvalue weighted by Gasteiger charge is -2.04. The van der Waals surface area contributed by atoms with Gasteiger partial charge in [0, 0.05) is 12.6 Å². The van der Waals surface area contributed by atoms with Crippen molar-refractivity contribution in [1.82, 2.24) is 4.98 Å². The van der Waals surface area contributed by atoms with Gasteiger partial charge in [-0.2, -0.15) is 0 Å². The van der Waals surface area contributed by atoms with Gasteiger partial charge in [-0.3, -0.25) is 9.59 Å². The molecular formula is C12H10ClFN4O2S.